The molecule has 2 aromatic rings. The van der Waals surface area contributed by atoms with Crippen LogP contribution in [0.3, 0.4) is 0 Å². The van der Waals surface area contributed by atoms with E-state index in [9.17, 15) is 0 Å². The van der Waals surface area contributed by atoms with Gasteiger partial charge in [-0.2, -0.15) is 0 Å². The first kappa shape index (κ1) is 14.1. The number of rotatable bonds is 6. The number of hydrogen-bond acceptors (Lipinski definition) is 5. The Labute approximate surface area is 119 Å². The van der Waals surface area contributed by atoms with Crippen molar-refractivity contribution in [2.24, 2.45) is 0 Å². The average molecular weight is 272 g/mol. The molecule has 3 N–H and O–H groups in total. The van der Waals surface area contributed by atoms with E-state index < -0.39 is 0 Å². The van der Waals surface area contributed by atoms with Crippen LogP contribution in [0.5, 0.6) is 5.88 Å². The third-order valence-electron chi connectivity index (χ3n) is 2.87. The third-order valence-corrected chi connectivity index (χ3v) is 2.87. The second-order valence-corrected chi connectivity index (χ2v) is 4.63. The van der Waals surface area contributed by atoms with Gasteiger partial charge in [0.1, 0.15) is 12.1 Å². The molecule has 0 spiro atoms. The minimum atomic E-state index is 0.104. The van der Waals surface area contributed by atoms with Gasteiger partial charge in [-0.15, -0.1) is 0 Å². The number of anilines is 2. The first-order valence-corrected chi connectivity index (χ1v) is 6.76. The second kappa shape index (κ2) is 6.75. The molecule has 0 saturated carbocycles. The van der Waals surface area contributed by atoms with Crippen molar-refractivity contribution < 1.29 is 4.74 Å². The molecule has 0 aliphatic carbocycles. The summed E-state index contributed by atoms with van der Waals surface area (Å²) in [5.41, 5.74) is 7.66. The van der Waals surface area contributed by atoms with E-state index in [0.717, 1.165) is 23.5 Å². The van der Waals surface area contributed by atoms with E-state index in [0.29, 0.717) is 12.5 Å². The quantitative estimate of drug-likeness (QED) is 0.791. The topological polar surface area (TPSA) is 73.1 Å². The van der Waals surface area contributed by atoms with E-state index in [1.165, 1.54) is 6.33 Å². The summed E-state index contributed by atoms with van der Waals surface area (Å²) in [5, 5.41) is 3.32. The van der Waals surface area contributed by atoms with Crippen LogP contribution in [0.1, 0.15) is 31.9 Å². The number of nitrogen functional groups attached to an aromatic ring is 1. The van der Waals surface area contributed by atoms with Gasteiger partial charge in [0.05, 0.1) is 12.6 Å². The average Bonchev–Trinajstić information content (AvgIpc) is 2.45. The summed E-state index contributed by atoms with van der Waals surface area (Å²) >= 11 is 0. The van der Waals surface area contributed by atoms with Crippen LogP contribution in [0.2, 0.25) is 0 Å². The highest BCUT2D eigenvalue weighted by molar-refractivity contribution is 5.45. The molecule has 106 valence electrons. The Morgan fingerprint density at radius 3 is 2.90 bits per heavy atom. The maximum atomic E-state index is 5.80. The van der Waals surface area contributed by atoms with E-state index in [1.807, 2.05) is 24.3 Å². The van der Waals surface area contributed by atoms with Crippen molar-refractivity contribution in [2.75, 3.05) is 17.7 Å². The van der Waals surface area contributed by atoms with Gasteiger partial charge in [0.15, 0.2) is 0 Å². The van der Waals surface area contributed by atoms with Gasteiger partial charge >= 0.3 is 0 Å². The first-order chi connectivity index (χ1) is 9.69. The van der Waals surface area contributed by atoms with Gasteiger partial charge in [0, 0.05) is 11.8 Å². The maximum absolute atomic E-state index is 5.80. The number of nitrogens with zero attached hydrogens (tertiary/aromatic N) is 2. The molecule has 1 aromatic carbocycles. The normalized spacial score (nSPS) is 11.9. The summed E-state index contributed by atoms with van der Waals surface area (Å²) in [6.45, 7) is 4.77. The molecule has 1 aromatic heterocycles. The summed E-state index contributed by atoms with van der Waals surface area (Å²) < 4.78 is 5.49. The third kappa shape index (κ3) is 3.85. The molecule has 1 atom stereocenters. The van der Waals surface area contributed by atoms with Crippen LogP contribution in [-0.2, 0) is 0 Å². The van der Waals surface area contributed by atoms with E-state index >= 15 is 0 Å². The molecule has 0 bridgehead atoms. The van der Waals surface area contributed by atoms with E-state index in [4.69, 9.17) is 10.5 Å². The Hall–Kier alpha value is -2.30. The van der Waals surface area contributed by atoms with Crippen molar-refractivity contribution in [3.8, 4) is 5.88 Å². The molecule has 2 rings (SSSR count). The predicted molar refractivity (Wildman–Crippen MR) is 80.7 cm³/mol. The van der Waals surface area contributed by atoms with Crippen LogP contribution in [0.15, 0.2) is 36.7 Å². The fraction of sp³-hybridized carbons (Fsp3) is 0.333. The van der Waals surface area contributed by atoms with E-state index in [2.05, 4.69) is 29.1 Å². The van der Waals surface area contributed by atoms with Crippen molar-refractivity contribution in [3.63, 3.8) is 0 Å². The smallest absolute Gasteiger partial charge is 0.218 e. The molecule has 0 radical (unpaired) electrons. The van der Waals surface area contributed by atoms with Crippen molar-refractivity contribution in [2.45, 2.75) is 26.3 Å². The zero-order valence-corrected chi connectivity index (χ0v) is 11.8. The van der Waals surface area contributed by atoms with Crippen LogP contribution < -0.4 is 15.8 Å². The number of benzene rings is 1. The second-order valence-electron chi connectivity index (χ2n) is 4.63. The molecule has 0 aliphatic rings. The zero-order valence-electron chi connectivity index (χ0n) is 11.8. The highest BCUT2D eigenvalue weighted by atomic mass is 16.5. The molecule has 0 amide bonds. The van der Waals surface area contributed by atoms with Crippen molar-refractivity contribution >= 4 is 11.5 Å². The fourth-order valence-corrected chi connectivity index (χ4v) is 1.84. The lowest BCUT2D eigenvalue weighted by molar-refractivity contribution is 0.305. The zero-order chi connectivity index (χ0) is 14.4. The van der Waals surface area contributed by atoms with Gasteiger partial charge < -0.3 is 15.8 Å². The Kier molecular flexibility index (Phi) is 4.76. The monoisotopic (exact) mass is 272 g/mol. The Bertz CT molecular complexity index is 559. The van der Waals surface area contributed by atoms with Gasteiger partial charge in [-0.1, -0.05) is 19.1 Å². The highest BCUT2D eigenvalue weighted by Crippen LogP contribution is 2.21. The maximum Gasteiger partial charge on any atom is 0.218 e. The molecular weight excluding hydrogens is 252 g/mol. The number of ether oxygens (including phenoxy) is 1. The standard InChI is InChI=1S/C15H20N4O/c1-3-7-20-15-9-14(17-10-18-15)19-11(2)12-5-4-6-13(16)8-12/h4-6,8-11H,3,7,16H2,1-2H3,(H,17,18,19). The van der Waals surface area contributed by atoms with Gasteiger partial charge in [0.2, 0.25) is 5.88 Å². The molecule has 0 saturated heterocycles. The highest BCUT2D eigenvalue weighted by Gasteiger charge is 2.07. The lowest BCUT2D eigenvalue weighted by Crippen LogP contribution is -2.09. The van der Waals surface area contributed by atoms with Crippen LogP contribution in [0.4, 0.5) is 11.5 Å². The minimum Gasteiger partial charge on any atom is -0.478 e. The molecule has 5 nitrogen and oxygen atoms in total. The summed E-state index contributed by atoms with van der Waals surface area (Å²) in [6, 6.07) is 9.71. The van der Waals surface area contributed by atoms with Crippen molar-refractivity contribution in [1.82, 2.24) is 9.97 Å². The van der Waals surface area contributed by atoms with Gasteiger partial charge in [-0.05, 0) is 31.0 Å². The van der Waals surface area contributed by atoms with Crippen molar-refractivity contribution in [1.29, 1.82) is 0 Å². The summed E-state index contributed by atoms with van der Waals surface area (Å²) in [4.78, 5) is 8.28. The largest absolute Gasteiger partial charge is 0.478 e. The van der Waals surface area contributed by atoms with Crippen LogP contribution in [-0.4, -0.2) is 16.6 Å². The van der Waals surface area contributed by atoms with Crippen LogP contribution in [0.25, 0.3) is 0 Å². The first-order valence-electron chi connectivity index (χ1n) is 6.76. The Morgan fingerprint density at radius 2 is 2.15 bits per heavy atom. The predicted octanol–water partition coefficient (Wildman–Crippen LogP) is 3.02. The SMILES string of the molecule is CCCOc1cc(NC(C)c2cccc(N)c2)ncn1. The molecule has 1 heterocycles. The summed E-state index contributed by atoms with van der Waals surface area (Å²) in [5.74, 6) is 1.32. The lowest BCUT2D eigenvalue weighted by atomic mass is 10.1. The van der Waals surface area contributed by atoms with Crippen molar-refractivity contribution in [3.05, 3.63) is 42.2 Å². The lowest BCUT2D eigenvalue weighted by Gasteiger charge is -2.15. The Balaban J connectivity index is 2.05. The van der Waals surface area contributed by atoms with Gasteiger partial charge in [0.25, 0.3) is 0 Å². The van der Waals surface area contributed by atoms with E-state index in [1.54, 1.807) is 6.07 Å². The molecular formula is C15H20N4O. The Morgan fingerprint density at radius 1 is 1.30 bits per heavy atom. The minimum absolute atomic E-state index is 0.104. The molecule has 0 aliphatic heterocycles. The number of aromatic nitrogens is 2. The summed E-state index contributed by atoms with van der Waals surface area (Å²) in [7, 11) is 0. The number of nitrogens with two attached hydrogens (primary N) is 1. The fourth-order valence-electron chi connectivity index (χ4n) is 1.84. The molecule has 0 fully saturated rings. The van der Waals surface area contributed by atoms with E-state index in [-0.39, 0.29) is 6.04 Å². The summed E-state index contributed by atoms with van der Waals surface area (Å²) in [6.07, 6.45) is 2.45. The number of nitrogens with one attached hydrogen (secondary N) is 1. The number of hydrogen-bond donors (Lipinski definition) is 2. The molecule has 1 unspecified atom stereocenters. The molecule has 5 heteroatoms. The van der Waals surface area contributed by atoms with Crippen LogP contribution in [0, 0.1) is 0 Å². The van der Waals surface area contributed by atoms with Crippen LogP contribution >= 0.6 is 0 Å². The van der Waals surface area contributed by atoms with Gasteiger partial charge in [-0.25, -0.2) is 9.97 Å². The van der Waals surface area contributed by atoms with Gasteiger partial charge in [-0.3, -0.25) is 0 Å². The molecule has 20 heavy (non-hydrogen) atoms.